The van der Waals surface area contributed by atoms with Crippen molar-refractivity contribution in [2.45, 2.75) is 26.8 Å². The zero-order valence-corrected chi connectivity index (χ0v) is 11.3. The lowest BCUT2D eigenvalue weighted by molar-refractivity contribution is 0.573. The normalized spacial score (nSPS) is 12.5. The highest BCUT2D eigenvalue weighted by Crippen LogP contribution is 2.28. The molecule has 2 rings (SSSR count). The summed E-state index contributed by atoms with van der Waals surface area (Å²) in [6, 6.07) is 7.30. The van der Waals surface area contributed by atoms with Crippen molar-refractivity contribution in [2.75, 3.05) is 0 Å². The smallest absolute Gasteiger partial charge is 0.128 e. The first kappa shape index (κ1) is 13.7. The van der Waals surface area contributed by atoms with Crippen LogP contribution in [0, 0.1) is 32.4 Å². The van der Waals surface area contributed by atoms with Crippen molar-refractivity contribution >= 4 is 0 Å². The Labute approximate surface area is 112 Å². The predicted molar refractivity (Wildman–Crippen MR) is 73.0 cm³/mol. The number of halogens is 2. The third-order valence-electron chi connectivity index (χ3n) is 3.28. The maximum atomic E-state index is 14.1. The van der Waals surface area contributed by atoms with Gasteiger partial charge < -0.3 is 5.73 Å². The zero-order valence-electron chi connectivity index (χ0n) is 11.3. The minimum atomic E-state index is -0.791. The molecule has 2 N–H and O–H groups in total. The summed E-state index contributed by atoms with van der Waals surface area (Å²) in [6.45, 7) is 5.41. The van der Waals surface area contributed by atoms with Crippen LogP contribution in [-0.2, 0) is 0 Å². The molecule has 2 aromatic carbocycles. The van der Waals surface area contributed by atoms with Crippen LogP contribution in [0.3, 0.4) is 0 Å². The molecule has 1 unspecified atom stereocenters. The van der Waals surface area contributed by atoms with Crippen LogP contribution >= 0.6 is 0 Å². The van der Waals surface area contributed by atoms with Crippen molar-refractivity contribution in [1.29, 1.82) is 0 Å². The second-order valence-corrected chi connectivity index (χ2v) is 4.98. The Morgan fingerprint density at radius 2 is 1.53 bits per heavy atom. The Hall–Kier alpha value is -1.74. The zero-order chi connectivity index (χ0) is 14.2. The van der Waals surface area contributed by atoms with E-state index in [9.17, 15) is 8.78 Å². The number of rotatable bonds is 2. The van der Waals surface area contributed by atoms with Gasteiger partial charge >= 0.3 is 0 Å². The third kappa shape index (κ3) is 2.66. The van der Waals surface area contributed by atoms with Gasteiger partial charge in [-0.25, -0.2) is 8.78 Å². The van der Waals surface area contributed by atoms with E-state index in [0.29, 0.717) is 11.1 Å². The number of hydrogen-bond acceptors (Lipinski definition) is 1. The maximum Gasteiger partial charge on any atom is 0.128 e. The molecule has 1 nitrogen and oxygen atoms in total. The monoisotopic (exact) mass is 261 g/mol. The maximum absolute atomic E-state index is 14.1. The molecular weight excluding hydrogens is 244 g/mol. The first-order valence-electron chi connectivity index (χ1n) is 6.18. The Kier molecular flexibility index (Phi) is 3.67. The lowest BCUT2D eigenvalue weighted by atomic mass is 9.93. The van der Waals surface area contributed by atoms with E-state index in [1.165, 1.54) is 12.1 Å². The first-order valence-corrected chi connectivity index (χ1v) is 6.18. The van der Waals surface area contributed by atoms with Gasteiger partial charge in [-0.3, -0.25) is 0 Å². The molecule has 0 aliphatic rings. The number of hydrogen-bond donors (Lipinski definition) is 1. The van der Waals surface area contributed by atoms with Crippen LogP contribution in [-0.4, -0.2) is 0 Å². The summed E-state index contributed by atoms with van der Waals surface area (Å²) in [4.78, 5) is 0. The van der Waals surface area contributed by atoms with Crippen LogP contribution in [0.4, 0.5) is 8.78 Å². The second-order valence-electron chi connectivity index (χ2n) is 4.98. The minimum absolute atomic E-state index is 0.316. The van der Waals surface area contributed by atoms with Crippen molar-refractivity contribution in [3.05, 3.63) is 69.8 Å². The van der Waals surface area contributed by atoms with Crippen molar-refractivity contribution in [3.63, 3.8) is 0 Å². The Bertz CT molecular complexity index is 597. The molecule has 1 atom stereocenters. The Morgan fingerprint density at radius 3 is 2.11 bits per heavy atom. The minimum Gasteiger partial charge on any atom is -0.320 e. The van der Waals surface area contributed by atoms with Crippen molar-refractivity contribution in [2.24, 2.45) is 5.73 Å². The molecule has 0 aliphatic heterocycles. The molecule has 0 aliphatic carbocycles. The summed E-state index contributed by atoms with van der Waals surface area (Å²) in [5, 5.41) is 0. The number of aryl methyl sites for hydroxylation is 3. The second kappa shape index (κ2) is 5.10. The molecule has 0 fully saturated rings. The van der Waals surface area contributed by atoms with E-state index in [4.69, 9.17) is 5.73 Å². The summed E-state index contributed by atoms with van der Waals surface area (Å²) in [7, 11) is 0. The summed E-state index contributed by atoms with van der Waals surface area (Å²) >= 11 is 0. The summed E-state index contributed by atoms with van der Waals surface area (Å²) < 4.78 is 28.0. The molecule has 3 heteroatoms. The lowest BCUT2D eigenvalue weighted by Crippen LogP contribution is -2.17. The molecule has 0 radical (unpaired) electrons. The van der Waals surface area contributed by atoms with Crippen LogP contribution in [0.15, 0.2) is 30.3 Å². The van der Waals surface area contributed by atoms with E-state index in [0.717, 1.165) is 16.7 Å². The van der Waals surface area contributed by atoms with Gasteiger partial charge in [0.1, 0.15) is 11.6 Å². The average Bonchev–Trinajstić information content (AvgIpc) is 2.26. The van der Waals surface area contributed by atoms with Crippen LogP contribution in [0.2, 0.25) is 0 Å². The van der Waals surface area contributed by atoms with Gasteiger partial charge in [-0.15, -0.1) is 0 Å². The molecule has 0 saturated heterocycles. The van der Waals surface area contributed by atoms with Crippen LogP contribution < -0.4 is 5.73 Å². The summed E-state index contributed by atoms with van der Waals surface area (Å²) in [5.74, 6) is -0.781. The summed E-state index contributed by atoms with van der Waals surface area (Å²) in [6.07, 6.45) is 0. The van der Waals surface area contributed by atoms with Gasteiger partial charge in [-0.05, 0) is 49.6 Å². The highest BCUT2D eigenvalue weighted by molar-refractivity contribution is 5.40. The topological polar surface area (TPSA) is 26.0 Å². The van der Waals surface area contributed by atoms with E-state index in [1.54, 1.807) is 26.0 Å². The molecule has 0 bridgehead atoms. The molecule has 0 spiro atoms. The third-order valence-corrected chi connectivity index (χ3v) is 3.28. The van der Waals surface area contributed by atoms with Crippen LogP contribution in [0.5, 0.6) is 0 Å². The Balaban J connectivity index is 2.53. The van der Waals surface area contributed by atoms with Crippen LogP contribution in [0.1, 0.15) is 33.9 Å². The molecule has 0 heterocycles. The van der Waals surface area contributed by atoms with Gasteiger partial charge in [0, 0.05) is 11.1 Å². The molecule has 0 saturated carbocycles. The first-order chi connectivity index (χ1) is 8.90. The van der Waals surface area contributed by atoms with Gasteiger partial charge in [-0.1, -0.05) is 18.2 Å². The standard InChI is InChI=1S/C16H17F2N/c1-9-4-5-12(13(17)7-9)16(19)15-11(3)6-10(2)8-14(15)18/h4-8,16H,19H2,1-3H3. The molecule has 100 valence electrons. The molecular formula is C16H17F2N. The fourth-order valence-electron chi connectivity index (χ4n) is 2.36. The molecule has 2 aromatic rings. The summed E-state index contributed by atoms with van der Waals surface area (Å²) in [5.41, 5.74) is 9.09. The van der Waals surface area contributed by atoms with E-state index in [-0.39, 0.29) is 5.82 Å². The van der Waals surface area contributed by atoms with Crippen molar-refractivity contribution in [1.82, 2.24) is 0 Å². The SMILES string of the molecule is Cc1ccc(C(N)c2c(C)cc(C)cc2F)c(F)c1. The molecule has 0 amide bonds. The highest BCUT2D eigenvalue weighted by atomic mass is 19.1. The fraction of sp³-hybridized carbons (Fsp3) is 0.250. The van der Waals surface area contributed by atoms with Gasteiger partial charge in [0.2, 0.25) is 0 Å². The average molecular weight is 261 g/mol. The van der Waals surface area contributed by atoms with Crippen LogP contribution in [0.25, 0.3) is 0 Å². The van der Waals surface area contributed by atoms with Crippen molar-refractivity contribution < 1.29 is 8.78 Å². The van der Waals surface area contributed by atoms with E-state index in [2.05, 4.69) is 0 Å². The lowest BCUT2D eigenvalue weighted by Gasteiger charge is -2.17. The predicted octanol–water partition coefficient (Wildman–Crippen LogP) is 3.94. The van der Waals surface area contributed by atoms with Gasteiger partial charge in [0.05, 0.1) is 6.04 Å². The molecule has 19 heavy (non-hydrogen) atoms. The van der Waals surface area contributed by atoms with Crippen molar-refractivity contribution in [3.8, 4) is 0 Å². The van der Waals surface area contributed by atoms with E-state index >= 15 is 0 Å². The number of nitrogens with two attached hydrogens (primary N) is 1. The van der Waals surface area contributed by atoms with Gasteiger partial charge in [-0.2, -0.15) is 0 Å². The quantitative estimate of drug-likeness (QED) is 0.870. The van der Waals surface area contributed by atoms with Gasteiger partial charge in [0.25, 0.3) is 0 Å². The van der Waals surface area contributed by atoms with Gasteiger partial charge in [0.15, 0.2) is 0 Å². The largest absolute Gasteiger partial charge is 0.320 e. The van der Waals surface area contributed by atoms with E-state index in [1.807, 2.05) is 13.0 Å². The van der Waals surface area contributed by atoms with E-state index < -0.39 is 11.9 Å². The molecule has 0 aromatic heterocycles. The fourth-order valence-corrected chi connectivity index (χ4v) is 2.36. The Morgan fingerprint density at radius 1 is 0.895 bits per heavy atom. The highest BCUT2D eigenvalue weighted by Gasteiger charge is 2.19. The number of benzene rings is 2.